The van der Waals surface area contributed by atoms with Gasteiger partial charge in [0.25, 0.3) is 0 Å². The van der Waals surface area contributed by atoms with Crippen molar-refractivity contribution in [3.63, 3.8) is 0 Å². The van der Waals surface area contributed by atoms with Crippen molar-refractivity contribution >= 4 is 29.2 Å². The minimum Gasteiger partial charge on any atom is -0.340 e. The first-order chi connectivity index (χ1) is 12.4. The highest BCUT2D eigenvalue weighted by atomic mass is 35.5. The van der Waals surface area contributed by atoms with E-state index < -0.39 is 42.4 Å². The number of anilines is 1. The number of halogens is 8. The van der Waals surface area contributed by atoms with Gasteiger partial charge in [0.1, 0.15) is 11.1 Å². The summed E-state index contributed by atoms with van der Waals surface area (Å²) in [6.07, 6.45) is -8.93. The minimum atomic E-state index is -4.72. The molecule has 1 aliphatic heterocycles. The second kappa shape index (κ2) is 6.70. The molecule has 3 nitrogen and oxygen atoms in total. The molecule has 146 valence electrons. The van der Waals surface area contributed by atoms with Gasteiger partial charge in [0, 0.05) is 29.3 Å². The SMILES string of the molecule is FC(F)(F)c1ccnc(N2CCC(c3cc(Cl)cc(Cl)c3)(C(F)(F)F)C2)n1. The zero-order valence-corrected chi connectivity index (χ0v) is 14.9. The fourth-order valence-electron chi connectivity index (χ4n) is 3.10. The van der Waals surface area contributed by atoms with E-state index >= 15 is 0 Å². The number of benzene rings is 1. The van der Waals surface area contributed by atoms with Crippen LogP contribution < -0.4 is 4.90 Å². The summed E-state index contributed by atoms with van der Waals surface area (Å²) in [4.78, 5) is 8.16. The first-order valence-electron chi connectivity index (χ1n) is 7.61. The second-order valence-corrected chi connectivity index (χ2v) is 7.02. The minimum absolute atomic E-state index is 0.0369. The molecule has 1 aromatic carbocycles. The van der Waals surface area contributed by atoms with E-state index in [2.05, 4.69) is 9.97 Å². The summed E-state index contributed by atoms with van der Waals surface area (Å²) in [6, 6.07) is 4.29. The molecule has 3 rings (SSSR count). The smallest absolute Gasteiger partial charge is 0.340 e. The zero-order valence-electron chi connectivity index (χ0n) is 13.4. The van der Waals surface area contributed by atoms with Gasteiger partial charge in [-0.3, -0.25) is 0 Å². The molecule has 1 saturated heterocycles. The average Bonchev–Trinajstić information content (AvgIpc) is 3.00. The number of rotatable bonds is 2. The molecule has 1 aliphatic rings. The summed E-state index contributed by atoms with van der Waals surface area (Å²) < 4.78 is 80.5. The molecule has 1 atom stereocenters. The molecule has 0 aliphatic carbocycles. The molecule has 1 unspecified atom stereocenters. The van der Waals surface area contributed by atoms with Gasteiger partial charge in [-0.2, -0.15) is 26.3 Å². The van der Waals surface area contributed by atoms with Crippen LogP contribution in [-0.4, -0.2) is 29.2 Å². The monoisotopic (exact) mass is 429 g/mol. The van der Waals surface area contributed by atoms with E-state index in [1.807, 2.05) is 0 Å². The zero-order chi connectivity index (χ0) is 20.0. The lowest BCUT2D eigenvalue weighted by Crippen LogP contribution is -2.45. The summed E-state index contributed by atoms with van der Waals surface area (Å²) in [7, 11) is 0. The fraction of sp³-hybridized carbons (Fsp3) is 0.375. The van der Waals surface area contributed by atoms with Crippen LogP contribution in [0.5, 0.6) is 0 Å². The highest BCUT2D eigenvalue weighted by molar-refractivity contribution is 6.34. The lowest BCUT2D eigenvalue weighted by molar-refractivity contribution is -0.184. The molecule has 2 heterocycles. The van der Waals surface area contributed by atoms with Crippen LogP contribution >= 0.6 is 23.2 Å². The van der Waals surface area contributed by atoms with Crippen molar-refractivity contribution < 1.29 is 26.3 Å². The standard InChI is InChI=1S/C16H11Cl2F6N3/c17-10-5-9(6-11(18)7-10)14(16(22,23)24)2-4-27(8-14)13-25-3-1-12(26-13)15(19,20)21/h1,3,5-7H,2,4,8H2. The van der Waals surface area contributed by atoms with E-state index in [0.29, 0.717) is 6.07 Å². The van der Waals surface area contributed by atoms with Crippen LogP contribution in [0.2, 0.25) is 10.0 Å². The van der Waals surface area contributed by atoms with Crippen LogP contribution in [0.4, 0.5) is 32.3 Å². The van der Waals surface area contributed by atoms with Crippen LogP contribution in [0.1, 0.15) is 17.7 Å². The molecule has 0 bridgehead atoms. The van der Waals surface area contributed by atoms with Crippen LogP contribution in [0.3, 0.4) is 0 Å². The average molecular weight is 430 g/mol. The van der Waals surface area contributed by atoms with Crippen LogP contribution in [0.25, 0.3) is 0 Å². The Labute approximate surface area is 159 Å². The van der Waals surface area contributed by atoms with E-state index in [-0.39, 0.29) is 22.2 Å². The Morgan fingerprint density at radius 2 is 1.63 bits per heavy atom. The maximum Gasteiger partial charge on any atom is 0.433 e. The maximum atomic E-state index is 14.0. The van der Waals surface area contributed by atoms with Gasteiger partial charge in [-0.1, -0.05) is 23.2 Å². The highest BCUT2D eigenvalue weighted by Gasteiger charge is 2.59. The molecular weight excluding hydrogens is 419 g/mol. The third-order valence-electron chi connectivity index (χ3n) is 4.44. The van der Waals surface area contributed by atoms with Crippen molar-refractivity contribution in [2.45, 2.75) is 24.2 Å². The normalized spacial score (nSPS) is 21.0. The molecule has 0 spiro atoms. The maximum absolute atomic E-state index is 14.0. The number of aromatic nitrogens is 2. The number of hydrogen-bond donors (Lipinski definition) is 0. The lowest BCUT2D eigenvalue weighted by Gasteiger charge is -2.32. The number of nitrogens with zero attached hydrogens (tertiary/aromatic N) is 3. The molecule has 1 fully saturated rings. The van der Waals surface area contributed by atoms with Gasteiger partial charge in [0.15, 0.2) is 0 Å². The lowest BCUT2D eigenvalue weighted by atomic mass is 9.79. The molecule has 27 heavy (non-hydrogen) atoms. The van der Waals surface area contributed by atoms with Gasteiger partial charge >= 0.3 is 12.4 Å². The quantitative estimate of drug-likeness (QED) is 0.589. The van der Waals surface area contributed by atoms with Gasteiger partial charge in [0.05, 0.1) is 0 Å². The Kier molecular flexibility index (Phi) is 4.96. The van der Waals surface area contributed by atoms with Crippen molar-refractivity contribution in [2.24, 2.45) is 0 Å². The van der Waals surface area contributed by atoms with Crippen molar-refractivity contribution in [1.29, 1.82) is 0 Å². The van der Waals surface area contributed by atoms with E-state index in [1.165, 1.54) is 6.07 Å². The van der Waals surface area contributed by atoms with Crippen molar-refractivity contribution in [3.05, 3.63) is 51.8 Å². The van der Waals surface area contributed by atoms with Gasteiger partial charge in [0.2, 0.25) is 5.95 Å². The molecule has 0 amide bonds. The Morgan fingerprint density at radius 1 is 1.00 bits per heavy atom. The summed E-state index contributed by atoms with van der Waals surface area (Å²) >= 11 is 11.7. The second-order valence-electron chi connectivity index (χ2n) is 6.15. The largest absolute Gasteiger partial charge is 0.433 e. The predicted octanol–water partition coefficient (Wildman–Crippen LogP) is 5.51. The van der Waals surface area contributed by atoms with E-state index in [0.717, 1.165) is 23.2 Å². The van der Waals surface area contributed by atoms with Crippen molar-refractivity contribution in [3.8, 4) is 0 Å². The predicted molar refractivity (Wildman–Crippen MR) is 88.1 cm³/mol. The van der Waals surface area contributed by atoms with E-state index in [4.69, 9.17) is 23.2 Å². The molecule has 0 N–H and O–H groups in total. The first-order valence-corrected chi connectivity index (χ1v) is 8.36. The molecule has 11 heteroatoms. The molecular formula is C16H11Cl2F6N3. The topological polar surface area (TPSA) is 29.0 Å². The van der Waals surface area contributed by atoms with Crippen LogP contribution in [0.15, 0.2) is 30.5 Å². The van der Waals surface area contributed by atoms with Crippen LogP contribution in [-0.2, 0) is 11.6 Å². The molecule has 0 radical (unpaired) electrons. The first kappa shape index (κ1) is 20.0. The summed E-state index contributed by atoms with van der Waals surface area (Å²) in [5.41, 5.74) is -3.72. The Hall–Kier alpha value is -1.74. The summed E-state index contributed by atoms with van der Waals surface area (Å²) in [6.45, 7) is -0.820. The highest BCUT2D eigenvalue weighted by Crippen LogP contribution is 2.49. The fourth-order valence-corrected chi connectivity index (χ4v) is 3.63. The molecule has 0 saturated carbocycles. The Morgan fingerprint density at radius 3 is 2.19 bits per heavy atom. The third kappa shape index (κ3) is 3.80. The van der Waals surface area contributed by atoms with Gasteiger partial charge in [-0.15, -0.1) is 0 Å². The van der Waals surface area contributed by atoms with Crippen molar-refractivity contribution in [2.75, 3.05) is 18.0 Å². The van der Waals surface area contributed by atoms with Gasteiger partial charge < -0.3 is 4.90 Å². The van der Waals surface area contributed by atoms with Gasteiger partial charge in [-0.25, -0.2) is 9.97 Å². The third-order valence-corrected chi connectivity index (χ3v) is 4.88. The summed E-state index contributed by atoms with van der Waals surface area (Å²) in [5, 5.41) is 0.0739. The summed E-state index contributed by atoms with van der Waals surface area (Å²) in [5.74, 6) is -0.413. The molecule has 2 aromatic rings. The van der Waals surface area contributed by atoms with Crippen molar-refractivity contribution in [1.82, 2.24) is 9.97 Å². The van der Waals surface area contributed by atoms with E-state index in [9.17, 15) is 26.3 Å². The number of alkyl halides is 6. The Bertz CT molecular complexity index is 835. The van der Waals surface area contributed by atoms with Gasteiger partial charge in [-0.05, 0) is 36.2 Å². The van der Waals surface area contributed by atoms with Crippen LogP contribution in [0, 0.1) is 0 Å². The van der Waals surface area contributed by atoms with E-state index in [1.54, 1.807) is 0 Å². The number of hydrogen-bond acceptors (Lipinski definition) is 3. The molecule has 1 aromatic heterocycles. The Balaban J connectivity index is 2.01.